The first kappa shape index (κ1) is 22.1. The summed E-state index contributed by atoms with van der Waals surface area (Å²) >= 11 is 6.10. The number of hydrogen-bond donors (Lipinski definition) is 2. The van der Waals surface area contributed by atoms with Crippen LogP contribution in [0.25, 0.3) is 21.8 Å². The highest BCUT2D eigenvalue weighted by Gasteiger charge is 2.35. The van der Waals surface area contributed by atoms with Crippen LogP contribution >= 0.6 is 11.6 Å². The summed E-state index contributed by atoms with van der Waals surface area (Å²) < 4.78 is 14.2. The molecule has 1 aliphatic heterocycles. The highest BCUT2D eigenvalue weighted by Crippen LogP contribution is 2.41. The van der Waals surface area contributed by atoms with Crippen molar-refractivity contribution < 1.29 is 9.50 Å². The number of benzene rings is 2. The molecule has 8 heteroatoms. The Morgan fingerprint density at radius 1 is 1.26 bits per heavy atom. The second-order valence-electron chi connectivity index (χ2n) is 8.08. The molecule has 1 aliphatic rings. The molecule has 6 nitrogen and oxygen atoms in total. The Labute approximate surface area is 201 Å². The van der Waals surface area contributed by atoms with Crippen molar-refractivity contribution in [3.8, 4) is 0 Å². The van der Waals surface area contributed by atoms with E-state index in [0.717, 1.165) is 27.8 Å². The summed E-state index contributed by atoms with van der Waals surface area (Å²) in [6, 6.07) is 12.6. The summed E-state index contributed by atoms with van der Waals surface area (Å²) in [6.45, 7) is 8.07. The fraction of sp³-hybridized carbons (Fsp3) is 0.192. The molecule has 1 unspecified atom stereocenters. The van der Waals surface area contributed by atoms with Gasteiger partial charge in [0.2, 0.25) is 0 Å². The van der Waals surface area contributed by atoms with Crippen LogP contribution < -0.4 is 4.90 Å². The Bertz CT molecular complexity index is 1420. The SMILES string of the molecule is [C-]#[N+]c1ccnc(N2CCc3c([nH]c4cc(F)c(Cl)cc34)C2c2ccc(/C=C/CCO)cc2)n1. The lowest BCUT2D eigenvalue weighted by Gasteiger charge is -2.34. The van der Waals surface area contributed by atoms with Gasteiger partial charge in [-0.25, -0.2) is 9.37 Å². The third-order valence-electron chi connectivity index (χ3n) is 6.03. The number of halogens is 2. The van der Waals surface area contributed by atoms with E-state index in [1.54, 1.807) is 18.3 Å². The van der Waals surface area contributed by atoms with Crippen LogP contribution in [0, 0.1) is 12.4 Å². The van der Waals surface area contributed by atoms with Crippen LogP contribution in [0.3, 0.4) is 0 Å². The summed E-state index contributed by atoms with van der Waals surface area (Å²) in [5, 5.41) is 10.0. The van der Waals surface area contributed by atoms with Crippen molar-refractivity contribution in [2.24, 2.45) is 0 Å². The maximum Gasteiger partial charge on any atom is 0.322 e. The van der Waals surface area contributed by atoms with Crippen molar-refractivity contribution in [1.82, 2.24) is 15.0 Å². The lowest BCUT2D eigenvalue weighted by molar-refractivity contribution is 0.303. The highest BCUT2D eigenvalue weighted by molar-refractivity contribution is 6.31. The van der Waals surface area contributed by atoms with Crippen molar-refractivity contribution in [2.45, 2.75) is 18.9 Å². The second kappa shape index (κ2) is 9.26. The maximum atomic E-state index is 14.2. The number of nitrogens with zero attached hydrogens (tertiary/aromatic N) is 4. The number of aromatic amines is 1. The monoisotopic (exact) mass is 473 g/mol. The zero-order valence-corrected chi connectivity index (χ0v) is 18.9. The predicted molar refractivity (Wildman–Crippen MR) is 132 cm³/mol. The van der Waals surface area contributed by atoms with Crippen molar-refractivity contribution in [3.63, 3.8) is 0 Å². The minimum Gasteiger partial charge on any atom is -0.396 e. The second-order valence-corrected chi connectivity index (χ2v) is 8.49. The molecule has 0 saturated carbocycles. The molecule has 0 amide bonds. The van der Waals surface area contributed by atoms with Gasteiger partial charge in [-0.05, 0) is 47.7 Å². The summed E-state index contributed by atoms with van der Waals surface area (Å²) in [5.74, 6) is 0.289. The third-order valence-corrected chi connectivity index (χ3v) is 6.32. The van der Waals surface area contributed by atoms with Gasteiger partial charge in [-0.2, -0.15) is 0 Å². The number of aromatic nitrogens is 3. The van der Waals surface area contributed by atoms with Gasteiger partial charge in [-0.15, -0.1) is 0 Å². The Balaban J connectivity index is 1.64. The average molecular weight is 474 g/mol. The standard InChI is InChI=1S/C26H21ClFN5O/c1-29-23-9-11-30-26(32-23)33-12-10-18-19-14-20(27)21(28)15-22(19)31-24(18)25(33)17-7-5-16(6-8-17)4-2-3-13-34/h2,4-9,11,14-15,25,31,34H,3,10,12-13H2/b4-2+. The molecule has 0 bridgehead atoms. The molecule has 0 spiro atoms. The van der Waals surface area contributed by atoms with Crippen molar-refractivity contribution in [2.75, 3.05) is 18.1 Å². The van der Waals surface area contributed by atoms with Gasteiger partial charge in [0.25, 0.3) is 5.82 Å². The fourth-order valence-electron chi connectivity index (χ4n) is 4.47. The Kier molecular flexibility index (Phi) is 6.01. The first-order valence-electron chi connectivity index (χ1n) is 10.9. The first-order chi connectivity index (χ1) is 16.6. The Morgan fingerprint density at radius 3 is 2.85 bits per heavy atom. The number of nitrogens with one attached hydrogen (secondary N) is 1. The summed E-state index contributed by atoms with van der Waals surface area (Å²) in [5.41, 5.74) is 4.75. The van der Waals surface area contributed by atoms with Gasteiger partial charge in [0, 0.05) is 35.9 Å². The lowest BCUT2D eigenvalue weighted by atomic mass is 9.92. The van der Waals surface area contributed by atoms with Gasteiger partial charge >= 0.3 is 5.95 Å². The molecule has 0 saturated heterocycles. The molecule has 0 fully saturated rings. The van der Waals surface area contributed by atoms with E-state index < -0.39 is 5.82 Å². The first-order valence-corrected chi connectivity index (χ1v) is 11.3. The largest absolute Gasteiger partial charge is 0.396 e. The van der Waals surface area contributed by atoms with E-state index in [-0.39, 0.29) is 23.5 Å². The summed E-state index contributed by atoms with van der Waals surface area (Å²) in [4.78, 5) is 17.8. The maximum absolute atomic E-state index is 14.2. The van der Waals surface area contributed by atoms with Crippen LogP contribution in [0.1, 0.15) is 34.8 Å². The number of aliphatic hydroxyl groups excluding tert-OH is 1. The molecule has 0 radical (unpaired) electrons. The van der Waals surface area contributed by atoms with E-state index in [1.165, 1.54) is 6.07 Å². The van der Waals surface area contributed by atoms with E-state index in [1.807, 2.05) is 36.4 Å². The molecule has 1 atom stereocenters. The molecule has 5 rings (SSSR count). The number of anilines is 1. The van der Waals surface area contributed by atoms with Gasteiger partial charge in [0.15, 0.2) is 0 Å². The fourth-order valence-corrected chi connectivity index (χ4v) is 4.63. The minimum absolute atomic E-state index is 0.0976. The van der Waals surface area contributed by atoms with Crippen LogP contribution in [0.15, 0.2) is 54.7 Å². The van der Waals surface area contributed by atoms with Crippen LogP contribution in [0.5, 0.6) is 0 Å². The van der Waals surface area contributed by atoms with E-state index >= 15 is 0 Å². The van der Waals surface area contributed by atoms with Gasteiger partial charge in [0.1, 0.15) is 5.82 Å². The lowest BCUT2D eigenvalue weighted by Crippen LogP contribution is -2.37. The van der Waals surface area contributed by atoms with Gasteiger partial charge in [-0.3, -0.25) is 0 Å². The zero-order chi connectivity index (χ0) is 23.7. The topological polar surface area (TPSA) is 69.4 Å². The molecule has 4 aromatic rings. The van der Waals surface area contributed by atoms with Gasteiger partial charge < -0.3 is 19.8 Å². The number of H-pyrrole nitrogens is 1. The minimum atomic E-state index is -0.465. The Hall–Kier alpha value is -3.73. The molecule has 3 heterocycles. The van der Waals surface area contributed by atoms with Crippen molar-refractivity contribution >= 4 is 40.3 Å². The predicted octanol–water partition coefficient (Wildman–Crippen LogP) is 5.85. The van der Waals surface area contributed by atoms with E-state index in [0.29, 0.717) is 30.9 Å². The summed E-state index contributed by atoms with van der Waals surface area (Å²) in [7, 11) is 0. The quantitative estimate of drug-likeness (QED) is 0.357. The normalized spacial score (nSPS) is 15.6. The van der Waals surface area contributed by atoms with Crippen LogP contribution in [0.2, 0.25) is 5.02 Å². The number of aliphatic hydroxyl groups is 1. The molecular formula is C26H21ClFN5O. The van der Waals surface area contributed by atoms with E-state index in [4.69, 9.17) is 23.3 Å². The van der Waals surface area contributed by atoms with Gasteiger partial charge in [0.05, 0.1) is 11.1 Å². The van der Waals surface area contributed by atoms with Crippen LogP contribution in [-0.2, 0) is 6.42 Å². The molecule has 2 aromatic carbocycles. The number of hydrogen-bond acceptors (Lipinski definition) is 4. The molecule has 2 aromatic heterocycles. The third kappa shape index (κ3) is 4.03. The molecule has 0 aliphatic carbocycles. The van der Waals surface area contributed by atoms with E-state index in [2.05, 4.69) is 24.7 Å². The smallest absolute Gasteiger partial charge is 0.322 e. The van der Waals surface area contributed by atoms with E-state index in [9.17, 15) is 4.39 Å². The molecule has 2 N–H and O–H groups in total. The zero-order valence-electron chi connectivity index (χ0n) is 18.2. The van der Waals surface area contributed by atoms with Gasteiger partial charge in [-0.1, -0.05) is 59.6 Å². The Morgan fingerprint density at radius 2 is 2.09 bits per heavy atom. The van der Waals surface area contributed by atoms with Crippen molar-refractivity contribution in [3.05, 3.63) is 99.4 Å². The number of fused-ring (bicyclic) bond motifs is 3. The average Bonchev–Trinajstić information content (AvgIpc) is 3.21. The molecule has 170 valence electrons. The summed E-state index contributed by atoms with van der Waals surface area (Å²) in [6.07, 6.45) is 6.79. The number of rotatable bonds is 5. The van der Waals surface area contributed by atoms with Crippen LogP contribution in [0.4, 0.5) is 16.2 Å². The van der Waals surface area contributed by atoms with Crippen LogP contribution in [-0.4, -0.2) is 33.2 Å². The highest BCUT2D eigenvalue weighted by atomic mass is 35.5. The molecular weight excluding hydrogens is 453 g/mol. The van der Waals surface area contributed by atoms with Crippen molar-refractivity contribution in [1.29, 1.82) is 0 Å². The molecule has 34 heavy (non-hydrogen) atoms.